The molecule has 2 nitrogen and oxygen atoms in total. The topological polar surface area (TPSA) is 30.0 Å². The molecule has 0 aromatic carbocycles. The smallest absolute Gasteiger partial charge is 0.195 e. The normalized spacial score (nSPS) is 33.5. The fourth-order valence-corrected chi connectivity index (χ4v) is 4.13. The maximum atomic E-state index is 12.1. The summed E-state index contributed by atoms with van der Waals surface area (Å²) in [6.45, 7) is 0. The van der Waals surface area contributed by atoms with E-state index < -0.39 is 0 Å². The number of carbonyl (C=O) groups is 1. The van der Waals surface area contributed by atoms with Crippen LogP contribution in [0.4, 0.5) is 0 Å². The van der Waals surface area contributed by atoms with Gasteiger partial charge in [-0.3, -0.25) is 4.79 Å². The number of rotatable bonds is 2. The maximum absolute atomic E-state index is 12.1. The van der Waals surface area contributed by atoms with Crippen molar-refractivity contribution in [3.05, 3.63) is 15.0 Å². The molecule has 0 N–H and O–H groups in total. The monoisotopic (exact) mass is 285 g/mol. The molecule has 2 unspecified atom stereocenters. The first-order valence-corrected chi connectivity index (χ1v) is 7.10. The van der Waals surface area contributed by atoms with Gasteiger partial charge in [0.2, 0.25) is 0 Å². The molecule has 0 spiro atoms. The lowest BCUT2D eigenvalue weighted by Crippen LogP contribution is -2.03. The fourth-order valence-electron chi connectivity index (χ4n) is 2.89. The largest absolute Gasteiger partial charge is 0.291 e. The summed E-state index contributed by atoms with van der Waals surface area (Å²) < 4.78 is 0.791. The molecule has 0 bridgehead atoms. The van der Waals surface area contributed by atoms with Gasteiger partial charge in [-0.25, -0.2) is 4.98 Å². The Kier molecular flexibility index (Phi) is 2.44. The van der Waals surface area contributed by atoms with E-state index in [1.54, 1.807) is 0 Å². The number of Topliss-reactive ketones (excluding diaryl/α,β-unsaturated/α-hetero) is 1. The number of fused-ring (bicyclic) bond motifs is 1. The highest BCUT2D eigenvalue weighted by Crippen LogP contribution is 2.56. The summed E-state index contributed by atoms with van der Waals surface area (Å²) in [4.78, 5) is 16.3. The van der Waals surface area contributed by atoms with Gasteiger partial charge in [0, 0.05) is 11.3 Å². The summed E-state index contributed by atoms with van der Waals surface area (Å²) in [5.41, 5.74) is 0. The van der Waals surface area contributed by atoms with E-state index >= 15 is 0 Å². The van der Waals surface area contributed by atoms with E-state index in [0.717, 1.165) is 4.60 Å². The van der Waals surface area contributed by atoms with E-state index in [0.29, 0.717) is 28.5 Å². The minimum absolute atomic E-state index is 0.294. The third-order valence-corrected chi connectivity index (χ3v) is 5.21. The van der Waals surface area contributed by atoms with E-state index in [1.807, 2.05) is 5.38 Å². The number of thiazole rings is 1. The standard InChI is InChI=1S/C11H12BrNOS/c12-8-5-15-11(13-8)10(14)9-6-3-1-2-4-7(6)9/h5-7,9H,1-4H2. The molecule has 0 amide bonds. The minimum Gasteiger partial charge on any atom is -0.291 e. The molecule has 1 aromatic heterocycles. The molecule has 80 valence electrons. The molecule has 15 heavy (non-hydrogen) atoms. The lowest BCUT2D eigenvalue weighted by Gasteiger charge is -2.04. The summed E-state index contributed by atoms with van der Waals surface area (Å²) in [5.74, 6) is 1.98. The second-order valence-corrected chi connectivity index (χ2v) is 6.15. The van der Waals surface area contributed by atoms with Crippen LogP contribution in [0, 0.1) is 17.8 Å². The molecule has 2 atom stereocenters. The molecular formula is C11H12BrNOS. The van der Waals surface area contributed by atoms with Crippen LogP contribution in [0.2, 0.25) is 0 Å². The molecule has 2 fully saturated rings. The van der Waals surface area contributed by atoms with E-state index in [4.69, 9.17) is 0 Å². The lowest BCUT2D eigenvalue weighted by atomic mass is 10.0. The van der Waals surface area contributed by atoms with Gasteiger partial charge < -0.3 is 0 Å². The SMILES string of the molecule is O=C(c1nc(Br)cs1)C1C2CCCCC21. The number of aromatic nitrogens is 1. The van der Waals surface area contributed by atoms with E-state index in [2.05, 4.69) is 20.9 Å². The zero-order chi connectivity index (χ0) is 10.4. The van der Waals surface area contributed by atoms with Crippen molar-refractivity contribution in [1.29, 1.82) is 0 Å². The summed E-state index contributed by atoms with van der Waals surface area (Å²) in [6.07, 6.45) is 5.14. The number of halogens is 1. The van der Waals surface area contributed by atoms with Gasteiger partial charge in [-0.2, -0.15) is 0 Å². The highest BCUT2D eigenvalue weighted by atomic mass is 79.9. The van der Waals surface area contributed by atoms with Crippen LogP contribution in [0.15, 0.2) is 9.98 Å². The van der Waals surface area contributed by atoms with Gasteiger partial charge in [0.1, 0.15) is 4.60 Å². The van der Waals surface area contributed by atoms with Crippen LogP contribution in [-0.2, 0) is 0 Å². The fraction of sp³-hybridized carbons (Fsp3) is 0.636. The molecule has 0 saturated heterocycles. The molecule has 0 radical (unpaired) electrons. The molecular weight excluding hydrogens is 274 g/mol. The van der Waals surface area contributed by atoms with Crippen LogP contribution < -0.4 is 0 Å². The van der Waals surface area contributed by atoms with Crippen molar-refractivity contribution in [2.24, 2.45) is 17.8 Å². The number of ketones is 1. The molecule has 1 heterocycles. The summed E-state index contributed by atoms with van der Waals surface area (Å²) in [5, 5.41) is 2.58. The van der Waals surface area contributed by atoms with Crippen LogP contribution >= 0.6 is 27.3 Å². The molecule has 1 aromatic rings. The number of hydrogen-bond acceptors (Lipinski definition) is 3. The van der Waals surface area contributed by atoms with Crippen LogP contribution in [-0.4, -0.2) is 10.8 Å². The van der Waals surface area contributed by atoms with Gasteiger partial charge in [-0.05, 0) is 40.6 Å². The van der Waals surface area contributed by atoms with Gasteiger partial charge in [-0.15, -0.1) is 11.3 Å². The molecule has 4 heteroatoms. The van der Waals surface area contributed by atoms with Crippen molar-refractivity contribution < 1.29 is 4.79 Å². The lowest BCUT2D eigenvalue weighted by molar-refractivity contribution is 0.0956. The Labute approximate surface area is 101 Å². The Hall–Kier alpha value is -0.220. The van der Waals surface area contributed by atoms with Gasteiger partial charge in [0.15, 0.2) is 10.8 Å². The Morgan fingerprint density at radius 1 is 1.40 bits per heavy atom. The average Bonchev–Trinajstić information content (AvgIpc) is 2.82. The van der Waals surface area contributed by atoms with Gasteiger partial charge >= 0.3 is 0 Å². The van der Waals surface area contributed by atoms with Crippen LogP contribution in [0.5, 0.6) is 0 Å². The first-order chi connectivity index (χ1) is 7.27. The molecule has 2 saturated carbocycles. The molecule has 2 aliphatic carbocycles. The van der Waals surface area contributed by atoms with Crippen LogP contribution in [0.3, 0.4) is 0 Å². The van der Waals surface area contributed by atoms with E-state index in [1.165, 1.54) is 37.0 Å². The average molecular weight is 286 g/mol. The van der Waals surface area contributed by atoms with Crippen molar-refractivity contribution >= 4 is 33.0 Å². The third-order valence-electron chi connectivity index (χ3n) is 3.65. The zero-order valence-electron chi connectivity index (χ0n) is 8.28. The van der Waals surface area contributed by atoms with Gasteiger partial charge in [-0.1, -0.05) is 12.8 Å². The summed E-state index contributed by atoms with van der Waals surface area (Å²) >= 11 is 4.76. The van der Waals surface area contributed by atoms with Crippen LogP contribution in [0.25, 0.3) is 0 Å². The first-order valence-electron chi connectivity index (χ1n) is 5.42. The highest BCUT2D eigenvalue weighted by molar-refractivity contribution is 9.10. The van der Waals surface area contributed by atoms with Crippen LogP contribution in [0.1, 0.15) is 35.5 Å². The molecule has 2 aliphatic rings. The number of hydrogen-bond donors (Lipinski definition) is 0. The Bertz CT molecular complexity index is 391. The Morgan fingerprint density at radius 2 is 2.07 bits per heavy atom. The number of carbonyl (C=O) groups excluding carboxylic acids is 1. The Morgan fingerprint density at radius 3 is 2.60 bits per heavy atom. The van der Waals surface area contributed by atoms with Crippen molar-refractivity contribution in [2.45, 2.75) is 25.7 Å². The second-order valence-electron chi connectivity index (χ2n) is 4.48. The predicted molar refractivity (Wildman–Crippen MR) is 63.1 cm³/mol. The van der Waals surface area contributed by atoms with E-state index in [-0.39, 0.29) is 0 Å². The second kappa shape index (κ2) is 3.67. The highest BCUT2D eigenvalue weighted by Gasteiger charge is 2.55. The van der Waals surface area contributed by atoms with Crippen molar-refractivity contribution in [3.63, 3.8) is 0 Å². The zero-order valence-corrected chi connectivity index (χ0v) is 10.7. The van der Waals surface area contributed by atoms with Crippen molar-refractivity contribution in [1.82, 2.24) is 4.98 Å². The van der Waals surface area contributed by atoms with Gasteiger partial charge in [0.05, 0.1) is 0 Å². The quantitative estimate of drug-likeness (QED) is 0.778. The summed E-state index contributed by atoms with van der Waals surface area (Å²) in [6, 6.07) is 0. The maximum Gasteiger partial charge on any atom is 0.195 e. The predicted octanol–water partition coefficient (Wildman–Crippen LogP) is 3.52. The third kappa shape index (κ3) is 1.68. The minimum atomic E-state index is 0.294. The molecule has 0 aliphatic heterocycles. The first kappa shape index (κ1) is 9.97. The summed E-state index contributed by atoms with van der Waals surface area (Å²) in [7, 11) is 0. The Balaban J connectivity index is 1.76. The van der Waals surface area contributed by atoms with Gasteiger partial charge in [0.25, 0.3) is 0 Å². The molecule has 3 rings (SSSR count). The van der Waals surface area contributed by atoms with Crippen molar-refractivity contribution in [3.8, 4) is 0 Å². The number of nitrogens with zero attached hydrogens (tertiary/aromatic N) is 1. The van der Waals surface area contributed by atoms with Crippen molar-refractivity contribution in [2.75, 3.05) is 0 Å². The van der Waals surface area contributed by atoms with E-state index in [9.17, 15) is 4.79 Å².